The zero-order valence-corrected chi connectivity index (χ0v) is 12.2. The number of nitrogens with one attached hydrogen (secondary N) is 1. The molecule has 3 aromatic rings. The van der Waals surface area contributed by atoms with Crippen molar-refractivity contribution in [2.24, 2.45) is 0 Å². The van der Waals surface area contributed by atoms with Crippen molar-refractivity contribution in [3.8, 4) is 5.95 Å². The summed E-state index contributed by atoms with van der Waals surface area (Å²) in [5, 5.41) is 18.0. The summed E-state index contributed by atoms with van der Waals surface area (Å²) in [6.45, 7) is 2.48. The van der Waals surface area contributed by atoms with Crippen LogP contribution in [0.2, 0.25) is 0 Å². The predicted molar refractivity (Wildman–Crippen MR) is 81.7 cm³/mol. The van der Waals surface area contributed by atoms with Crippen molar-refractivity contribution in [1.29, 1.82) is 0 Å². The second kappa shape index (κ2) is 6.44. The van der Waals surface area contributed by atoms with Crippen LogP contribution in [0.3, 0.4) is 0 Å². The molecule has 2 N–H and O–H groups in total. The van der Waals surface area contributed by atoms with Crippen LogP contribution >= 0.6 is 0 Å². The summed E-state index contributed by atoms with van der Waals surface area (Å²) in [5.41, 5.74) is 0.619. The molecule has 0 amide bonds. The fourth-order valence-electron chi connectivity index (χ4n) is 2.18. The van der Waals surface area contributed by atoms with Gasteiger partial charge in [-0.25, -0.2) is 19.9 Å². The topological polar surface area (TPSA) is 102 Å². The molecule has 0 aliphatic rings. The van der Waals surface area contributed by atoms with Crippen LogP contribution < -0.4 is 5.32 Å². The maximum absolute atomic E-state index is 9.82. The van der Waals surface area contributed by atoms with Gasteiger partial charge in [-0.15, -0.1) is 0 Å². The van der Waals surface area contributed by atoms with E-state index in [4.69, 9.17) is 0 Å². The van der Waals surface area contributed by atoms with Gasteiger partial charge < -0.3 is 10.4 Å². The molecule has 0 radical (unpaired) electrons. The number of aliphatic hydroxyl groups excluding tert-OH is 1. The van der Waals surface area contributed by atoms with Gasteiger partial charge in [-0.1, -0.05) is 13.3 Å². The maximum atomic E-state index is 9.82. The number of nitrogens with zero attached hydrogens (tertiary/aromatic N) is 6. The zero-order chi connectivity index (χ0) is 15.4. The number of anilines is 1. The molecule has 114 valence electrons. The minimum Gasteiger partial charge on any atom is -0.391 e. The van der Waals surface area contributed by atoms with Crippen LogP contribution in [-0.4, -0.2) is 47.5 Å². The highest BCUT2D eigenvalue weighted by Crippen LogP contribution is 2.20. The minimum atomic E-state index is -0.400. The van der Waals surface area contributed by atoms with E-state index in [0.29, 0.717) is 24.0 Å². The van der Waals surface area contributed by atoms with Gasteiger partial charge in [0, 0.05) is 18.9 Å². The molecule has 1 atom stereocenters. The van der Waals surface area contributed by atoms with Crippen molar-refractivity contribution < 1.29 is 5.11 Å². The molecule has 8 heteroatoms. The van der Waals surface area contributed by atoms with Gasteiger partial charge >= 0.3 is 0 Å². The Bertz CT molecular complexity index is 743. The first-order valence-electron chi connectivity index (χ1n) is 7.17. The summed E-state index contributed by atoms with van der Waals surface area (Å²) in [6.07, 6.45) is 7.71. The molecule has 3 rings (SSSR count). The first kappa shape index (κ1) is 14.3. The average Bonchev–Trinajstić information content (AvgIpc) is 2.98. The van der Waals surface area contributed by atoms with Gasteiger partial charge in [0.05, 0.1) is 17.7 Å². The molecule has 0 aromatic carbocycles. The van der Waals surface area contributed by atoms with Gasteiger partial charge in [0.25, 0.3) is 5.95 Å². The van der Waals surface area contributed by atoms with Crippen molar-refractivity contribution in [3.05, 3.63) is 31.0 Å². The molecule has 0 aliphatic carbocycles. The highest BCUT2D eigenvalue weighted by atomic mass is 16.3. The molecular formula is C14H17N7O. The second-order valence-electron chi connectivity index (χ2n) is 4.89. The van der Waals surface area contributed by atoms with Crippen LogP contribution in [0.1, 0.15) is 19.8 Å². The molecule has 3 heterocycles. The van der Waals surface area contributed by atoms with E-state index in [-0.39, 0.29) is 0 Å². The predicted octanol–water partition coefficient (Wildman–Crippen LogP) is 1.18. The summed E-state index contributed by atoms with van der Waals surface area (Å²) in [5.74, 6) is 1.09. The third kappa shape index (κ3) is 2.86. The molecule has 0 saturated heterocycles. The lowest BCUT2D eigenvalue weighted by Crippen LogP contribution is -2.19. The Morgan fingerprint density at radius 1 is 1.23 bits per heavy atom. The zero-order valence-electron chi connectivity index (χ0n) is 12.2. The lowest BCUT2D eigenvalue weighted by Gasteiger charge is -2.11. The van der Waals surface area contributed by atoms with Crippen LogP contribution in [0, 0.1) is 0 Å². The first-order chi connectivity index (χ1) is 10.8. The molecule has 1 unspecified atom stereocenters. The fourth-order valence-corrected chi connectivity index (χ4v) is 2.18. The Kier molecular flexibility index (Phi) is 4.19. The lowest BCUT2D eigenvalue weighted by molar-refractivity contribution is 0.176. The molecule has 0 fully saturated rings. The number of aliphatic hydroxyl groups is 1. The summed E-state index contributed by atoms with van der Waals surface area (Å²) < 4.78 is 1.56. The fraction of sp³-hybridized carbons (Fsp3) is 0.357. The van der Waals surface area contributed by atoms with Crippen LogP contribution in [0.4, 0.5) is 5.82 Å². The summed E-state index contributed by atoms with van der Waals surface area (Å²) in [4.78, 5) is 16.8. The van der Waals surface area contributed by atoms with Crippen molar-refractivity contribution >= 4 is 16.9 Å². The van der Waals surface area contributed by atoms with E-state index in [0.717, 1.165) is 18.2 Å². The smallest absolute Gasteiger partial charge is 0.252 e. The standard InChI is InChI=1S/C14H17N7O/c1-2-4-10(22)7-17-12-11-8-20-21(13(11)19-9-18-12)14-15-5-3-6-16-14/h3,5-6,8-10,22H,2,4,7H2,1H3,(H,17,18,19). The van der Waals surface area contributed by atoms with Gasteiger partial charge in [0.15, 0.2) is 5.65 Å². The quantitative estimate of drug-likeness (QED) is 0.704. The molecule has 22 heavy (non-hydrogen) atoms. The molecule has 0 bridgehead atoms. The molecule has 8 nitrogen and oxygen atoms in total. The van der Waals surface area contributed by atoms with Gasteiger partial charge in [0.1, 0.15) is 12.1 Å². The average molecular weight is 299 g/mol. The number of aromatic nitrogens is 6. The van der Waals surface area contributed by atoms with E-state index < -0.39 is 6.10 Å². The van der Waals surface area contributed by atoms with Gasteiger partial charge in [-0.3, -0.25) is 0 Å². The van der Waals surface area contributed by atoms with Crippen molar-refractivity contribution in [3.63, 3.8) is 0 Å². The van der Waals surface area contributed by atoms with Crippen LogP contribution in [0.15, 0.2) is 31.0 Å². The molecule has 0 aliphatic heterocycles. The highest BCUT2D eigenvalue weighted by molar-refractivity contribution is 5.86. The van der Waals surface area contributed by atoms with Crippen molar-refractivity contribution in [2.75, 3.05) is 11.9 Å². The Balaban J connectivity index is 1.89. The Morgan fingerprint density at radius 3 is 2.82 bits per heavy atom. The van der Waals surface area contributed by atoms with E-state index in [1.807, 2.05) is 6.92 Å². The van der Waals surface area contributed by atoms with Crippen molar-refractivity contribution in [1.82, 2.24) is 29.7 Å². The third-order valence-electron chi connectivity index (χ3n) is 3.23. The first-order valence-corrected chi connectivity index (χ1v) is 7.17. The lowest BCUT2D eigenvalue weighted by atomic mass is 10.2. The summed E-state index contributed by atoms with van der Waals surface area (Å²) in [6, 6.07) is 1.74. The van der Waals surface area contributed by atoms with Crippen LogP contribution in [0.5, 0.6) is 0 Å². The Labute approximate surface area is 127 Å². The summed E-state index contributed by atoms with van der Waals surface area (Å²) in [7, 11) is 0. The minimum absolute atomic E-state index is 0.400. The molecule has 3 aromatic heterocycles. The third-order valence-corrected chi connectivity index (χ3v) is 3.23. The Morgan fingerprint density at radius 2 is 2.05 bits per heavy atom. The number of hydrogen-bond acceptors (Lipinski definition) is 7. The van der Waals surface area contributed by atoms with E-state index in [2.05, 4.69) is 30.4 Å². The monoisotopic (exact) mass is 299 g/mol. The molecular weight excluding hydrogens is 282 g/mol. The SMILES string of the molecule is CCCC(O)CNc1ncnc2c1cnn2-c1ncccn1. The van der Waals surface area contributed by atoms with Crippen molar-refractivity contribution in [2.45, 2.75) is 25.9 Å². The van der Waals surface area contributed by atoms with E-state index >= 15 is 0 Å². The van der Waals surface area contributed by atoms with Gasteiger partial charge in [-0.2, -0.15) is 9.78 Å². The largest absolute Gasteiger partial charge is 0.391 e. The van der Waals surface area contributed by atoms with E-state index in [1.165, 1.54) is 6.33 Å². The second-order valence-corrected chi connectivity index (χ2v) is 4.89. The summed E-state index contributed by atoms with van der Waals surface area (Å²) >= 11 is 0. The maximum Gasteiger partial charge on any atom is 0.252 e. The van der Waals surface area contributed by atoms with Crippen LogP contribution in [-0.2, 0) is 0 Å². The molecule has 0 spiro atoms. The molecule has 0 saturated carbocycles. The van der Waals surface area contributed by atoms with Gasteiger partial charge in [0.2, 0.25) is 0 Å². The van der Waals surface area contributed by atoms with Crippen LogP contribution in [0.25, 0.3) is 17.0 Å². The number of hydrogen-bond donors (Lipinski definition) is 2. The van der Waals surface area contributed by atoms with E-state index in [1.54, 1.807) is 29.3 Å². The van der Waals surface area contributed by atoms with E-state index in [9.17, 15) is 5.11 Å². The Hall–Kier alpha value is -2.61. The number of rotatable bonds is 6. The normalized spacial score (nSPS) is 12.5. The number of fused-ring (bicyclic) bond motifs is 1. The highest BCUT2D eigenvalue weighted by Gasteiger charge is 2.13. The van der Waals surface area contributed by atoms with Gasteiger partial charge in [-0.05, 0) is 12.5 Å².